The van der Waals surface area contributed by atoms with Crippen molar-refractivity contribution in [1.82, 2.24) is 5.32 Å². The van der Waals surface area contributed by atoms with Gasteiger partial charge in [0.15, 0.2) is 0 Å². The van der Waals surface area contributed by atoms with Gasteiger partial charge in [-0.25, -0.2) is 17.2 Å². The third-order valence-electron chi connectivity index (χ3n) is 3.18. The number of nitrogens with one attached hydrogen (secondary N) is 2. The lowest BCUT2D eigenvalue weighted by atomic mass is 10.2. The van der Waals surface area contributed by atoms with E-state index >= 15 is 0 Å². The fourth-order valence-electron chi connectivity index (χ4n) is 2.00. The molecular weight excluding hydrogens is 354 g/mol. The maximum atomic E-state index is 13.8. The zero-order valence-corrected chi connectivity index (χ0v) is 14.1. The number of amides is 1. The molecule has 0 aliphatic heterocycles. The van der Waals surface area contributed by atoms with Crippen molar-refractivity contribution in [2.75, 3.05) is 25.0 Å². The van der Waals surface area contributed by atoms with E-state index in [1.807, 2.05) is 0 Å². The van der Waals surface area contributed by atoms with Crippen LogP contribution in [0.3, 0.4) is 0 Å². The average Bonchev–Trinajstić information content (AvgIpc) is 2.56. The molecule has 0 fully saturated rings. The van der Waals surface area contributed by atoms with Crippen molar-refractivity contribution < 1.29 is 26.7 Å². The number of hydrogen-bond acceptors (Lipinski definition) is 4. The lowest BCUT2D eigenvalue weighted by Crippen LogP contribution is -2.28. The third kappa shape index (κ3) is 4.74. The van der Waals surface area contributed by atoms with Crippen LogP contribution in [0.2, 0.25) is 0 Å². The Balaban J connectivity index is 2.25. The summed E-state index contributed by atoms with van der Waals surface area (Å²) in [6.07, 6.45) is 0. The Bertz CT molecular complexity index is 872. The predicted molar refractivity (Wildman–Crippen MR) is 87.8 cm³/mol. The van der Waals surface area contributed by atoms with Crippen LogP contribution in [0.4, 0.5) is 14.5 Å². The first-order valence-electron chi connectivity index (χ1n) is 7.19. The van der Waals surface area contributed by atoms with Crippen molar-refractivity contribution in [3.05, 3.63) is 59.7 Å². The smallest absolute Gasteiger partial charge is 0.264 e. The largest absolute Gasteiger partial charge is 0.383 e. The molecule has 0 aliphatic rings. The van der Waals surface area contributed by atoms with Crippen LogP contribution in [0.15, 0.2) is 47.4 Å². The highest BCUT2D eigenvalue weighted by Gasteiger charge is 2.20. The van der Waals surface area contributed by atoms with Gasteiger partial charge in [0.25, 0.3) is 15.9 Å². The minimum Gasteiger partial charge on any atom is -0.383 e. The van der Waals surface area contributed by atoms with Crippen LogP contribution in [0.1, 0.15) is 10.4 Å². The Morgan fingerprint density at radius 3 is 2.52 bits per heavy atom. The van der Waals surface area contributed by atoms with Crippen LogP contribution in [-0.4, -0.2) is 34.6 Å². The molecule has 0 heterocycles. The second kappa shape index (κ2) is 8.04. The molecule has 25 heavy (non-hydrogen) atoms. The summed E-state index contributed by atoms with van der Waals surface area (Å²) in [5.41, 5.74) is -0.411. The summed E-state index contributed by atoms with van der Waals surface area (Å²) < 4.78 is 58.9. The summed E-state index contributed by atoms with van der Waals surface area (Å²) in [4.78, 5) is 11.4. The molecule has 0 saturated carbocycles. The molecule has 1 amide bonds. The Labute approximate surface area is 143 Å². The van der Waals surface area contributed by atoms with Crippen LogP contribution in [0.25, 0.3) is 0 Å². The van der Waals surface area contributed by atoms with Gasteiger partial charge in [-0.05, 0) is 30.3 Å². The molecule has 2 aromatic carbocycles. The molecule has 0 aliphatic carbocycles. The second-order valence-electron chi connectivity index (χ2n) is 4.98. The van der Waals surface area contributed by atoms with E-state index < -0.39 is 32.5 Å². The number of hydrogen-bond donors (Lipinski definition) is 2. The molecule has 6 nitrogen and oxygen atoms in total. The van der Waals surface area contributed by atoms with Crippen LogP contribution in [0, 0.1) is 11.6 Å². The maximum Gasteiger partial charge on any atom is 0.264 e. The number of carbonyl (C=O) groups excluding carboxylic acids is 1. The van der Waals surface area contributed by atoms with Gasteiger partial charge in [-0.15, -0.1) is 0 Å². The highest BCUT2D eigenvalue weighted by molar-refractivity contribution is 7.92. The van der Waals surface area contributed by atoms with Crippen LogP contribution >= 0.6 is 0 Å². The lowest BCUT2D eigenvalue weighted by Gasteiger charge is -2.11. The van der Waals surface area contributed by atoms with Crippen molar-refractivity contribution >= 4 is 21.6 Å². The first-order valence-corrected chi connectivity index (χ1v) is 8.67. The van der Waals surface area contributed by atoms with E-state index in [-0.39, 0.29) is 24.4 Å². The molecule has 0 bridgehead atoms. The molecule has 0 atom stereocenters. The van der Waals surface area contributed by atoms with Crippen LogP contribution in [-0.2, 0) is 14.8 Å². The first-order chi connectivity index (χ1) is 11.8. The monoisotopic (exact) mass is 370 g/mol. The molecule has 2 rings (SSSR count). The van der Waals surface area contributed by atoms with Crippen molar-refractivity contribution in [1.29, 1.82) is 0 Å². The Morgan fingerprint density at radius 1 is 1.12 bits per heavy atom. The molecule has 2 N–H and O–H groups in total. The van der Waals surface area contributed by atoms with Crippen molar-refractivity contribution in [2.45, 2.75) is 4.90 Å². The van der Waals surface area contributed by atoms with Gasteiger partial charge in [0.05, 0.1) is 12.2 Å². The second-order valence-corrected chi connectivity index (χ2v) is 6.63. The number of halogens is 2. The summed E-state index contributed by atoms with van der Waals surface area (Å²) in [5, 5.41) is 2.43. The van der Waals surface area contributed by atoms with E-state index in [4.69, 9.17) is 4.74 Å². The van der Waals surface area contributed by atoms with Gasteiger partial charge < -0.3 is 10.1 Å². The number of benzene rings is 2. The minimum absolute atomic E-state index is 0.0680. The molecule has 0 spiro atoms. The van der Waals surface area contributed by atoms with Gasteiger partial charge in [-0.3, -0.25) is 9.52 Å². The average molecular weight is 370 g/mol. The van der Waals surface area contributed by atoms with E-state index in [0.717, 1.165) is 30.3 Å². The number of ether oxygens (including phenoxy) is 1. The highest BCUT2D eigenvalue weighted by Crippen LogP contribution is 2.20. The fraction of sp³-hybridized carbons (Fsp3) is 0.188. The van der Waals surface area contributed by atoms with Crippen molar-refractivity contribution in [2.24, 2.45) is 0 Å². The maximum absolute atomic E-state index is 13.8. The van der Waals surface area contributed by atoms with E-state index in [1.54, 1.807) is 0 Å². The number of methoxy groups -OCH3 is 1. The first kappa shape index (κ1) is 18.8. The van der Waals surface area contributed by atoms with Crippen molar-refractivity contribution in [3.8, 4) is 0 Å². The fourth-order valence-corrected chi connectivity index (χ4v) is 3.13. The summed E-state index contributed by atoms with van der Waals surface area (Å²) in [5.74, 6) is -2.46. The minimum atomic E-state index is -4.22. The van der Waals surface area contributed by atoms with E-state index in [9.17, 15) is 22.0 Å². The van der Waals surface area contributed by atoms with Gasteiger partial charge >= 0.3 is 0 Å². The number of sulfonamides is 1. The highest BCUT2D eigenvalue weighted by atomic mass is 32.2. The van der Waals surface area contributed by atoms with Gasteiger partial charge in [-0.2, -0.15) is 0 Å². The number of rotatable bonds is 7. The molecule has 0 radical (unpaired) electrons. The van der Waals surface area contributed by atoms with Gasteiger partial charge in [0.1, 0.15) is 16.5 Å². The topological polar surface area (TPSA) is 84.5 Å². The van der Waals surface area contributed by atoms with Crippen LogP contribution < -0.4 is 10.0 Å². The molecule has 0 saturated heterocycles. The molecule has 0 unspecified atom stereocenters. The molecule has 9 heteroatoms. The zero-order valence-electron chi connectivity index (χ0n) is 13.3. The normalized spacial score (nSPS) is 11.2. The number of anilines is 1. The van der Waals surface area contributed by atoms with Gasteiger partial charge in [-0.1, -0.05) is 12.1 Å². The van der Waals surface area contributed by atoms with E-state index in [1.165, 1.54) is 19.2 Å². The Hall–Kier alpha value is -2.52. The number of carbonyl (C=O) groups is 1. The van der Waals surface area contributed by atoms with Gasteiger partial charge in [0.2, 0.25) is 0 Å². The SMILES string of the molecule is COCCNC(=O)c1cc(NS(=O)(=O)c2ccccc2F)ccc1F. The van der Waals surface area contributed by atoms with E-state index in [2.05, 4.69) is 10.0 Å². The summed E-state index contributed by atoms with van der Waals surface area (Å²) in [6.45, 7) is 0.410. The predicted octanol–water partition coefficient (Wildman–Crippen LogP) is 2.14. The molecule has 2 aromatic rings. The Kier molecular flexibility index (Phi) is 6.05. The summed E-state index contributed by atoms with van der Waals surface area (Å²) >= 11 is 0. The van der Waals surface area contributed by atoms with Crippen LogP contribution in [0.5, 0.6) is 0 Å². The van der Waals surface area contributed by atoms with Crippen molar-refractivity contribution in [3.63, 3.8) is 0 Å². The quantitative estimate of drug-likeness (QED) is 0.732. The standard InChI is InChI=1S/C16H16F2N2O4S/c1-24-9-8-19-16(21)12-10-11(6-7-13(12)17)20-25(22,23)15-5-3-2-4-14(15)18/h2-7,10,20H,8-9H2,1H3,(H,19,21). The Morgan fingerprint density at radius 2 is 1.84 bits per heavy atom. The molecule has 134 valence electrons. The lowest BCUT2D eigenvalue weighted by molar-refractivity contribution is 0.0933. The van der Waals surface area contributed by atoms with Gasteiger partial charge in [0, 0.05) is 19.3 Å². The zero-order chi connectivity index (χ0) is 18.4. The summed E-state index contributed by atoms with van der Waals surface area (Å²) in [6, 6.07) is 7.96. The third-order valence-corrected chi connectivity index (χ3v) is 4.60. The molecule has 0 aromatic heterocycles. The molecular formula is C16H16F2N2O4S. The summed E-state index contributed by atoms with van der Waals surface area (Å²) in [7, 11) is -2.77. The van der Waals surface area contributed by atoms with E-state index in [0.29, 0.717) is 0 Å².